The van der Waals surface area contributed by atoms with Gasteiger partial charge in [-0.3, -0.25) is 0 Å². The molecule has 2 saturated heterocycles. The summed E-state index contributed by atoms with van der Waals surface area (Å²) in [6, 6.07) is 18.7. The van der Waals surface area contributed by atoms with Crippen LogP contribution in [0.1, 0.15) is 81.4 Å². The Morgan fingerprint density at radius 3 is 2.35 bits per heavy atom. The Morgan fingerprint density at radius 2 is 1.62 bits per heavy atom. The van der Waals surface area contributed by atoms with E-state index in [4.69, 9.17) is 18.9 Å². The second-order valence-corrected chi connectivity index (χ2v) is 12.8. The molecule has 2 heterocycles. The second-order valence-electron chi connectivity index (χ2n) is 12.8. The summed E-state index contributed by atoms with van der Waals surface area (Å²) >= 11 is 0. The van der Waals surface area contributed by atoms with E-state index in [1.165, 1.54) is 0 Å². The number of allylic oxidation sites excluding steroid dienone is 2. The molecular formula is C39H54N2O7. The molecule has 2 aromatic rings. The molecule has 2 aliphatic rings. The Kier molecular flexibility index (Phi) is 16.0. The molecule has 2 N–H and O–H groups in total. The number of rotatable bonds is 21. The fourth-order valence-corrected chi connectivity index (χ4v) is 6.35. The Morgan fingerprint density at radius 1 is 0.938 bits per heavy atom. The van der Waals surface area contributed by atoms with Crippen LogP contribution in [0.4, 0.5) is 9.59 Å². The smallest absolute Gasteiger partial charge is 0.410 e. The zero-order valence-corrected chi connectivity index (χ0v) is 28.3. The Hall–Kier alpha value is -3.66. The number of hydrogen-bond donors (Lipinski definition) is 2. The number of amides is 2. The highest BCUT2D eigenvalue weighted by Gasteiger charge is 2.44. The molecule has 2 aliphatic heterocycles. The van der Waals surface area contributed by atoms with E-state index in [9.17, 15) is 14.7 Å². The van der Waals surface area contributed by atoms with E-state index in [0.29, 0.717) is 26.0 Å². The molecule has 4 rings (SSSR count). The van der Waals surface area contributed by atoms with Crippen LogP contribution in [-0.2, 0) is 25.4 Å². The van der Waals surface area contributed by atoms with Crippen molar-refractivity contribution in [2.75, 3.05) is 26.3 Å². The van der Waals surface area contributed by atoms with E-state index in [2.05, 4.69) is 18.5 Å². The predicted octanol–water partition coefficient (Wildman–Crippen LogP) is 7.51. The minimum Gasteiger partial charge on any atom is -0.443 e. The number of carbonyl (C=O) groups is 2. The van der Waals surface area contributed by atoms with Gasteiger partial charge in [0, 0.05) is 6.54 Å². The van der Waals surface area contributed by atoms with Gasteiger partial charge >= 0.3 is 12.2 Å². The first-order valence-corrected chi connectivity index (χ1v) is 17.6. The molecule has 0 aromatic heterocycles. The zero-order valence-electron chi connectivity index (χ0n) is 28.3. The number of nitrogens with zero attached hydrogens (tertiary/aromatic N) is 1. The average Bonchev–Trinajstić information content (AvgIpc) is 3.73. The Balaban J connectivity index is 1.44. The van der Waals surface area contributed by atoms with Crippen molar-refractivity contribution >= 4 is 12.2 Å². The number of alkyl carbamates (subject to hydrolysis) is 1. The van der Waals surface area contributed by atoms with E-state index in [1.54, 1.807) is 4.90 Å². The molecule has 0 saturated carbocycles. The molecule has 2 fully saturated rings. The summed E-state index contributed by atoms with van der Waals surface area (Å²) in [5.74, 6) is -0.00113. The molecule has 0 aliphatic carbocycles. The lowest BCUT2D eigenvalue weighted by Gasteiger charge is -2.31. The molecule has 2 amide bonds. The molecular weight excluding hydrogens is 608 g/mol. The average molecular weight is 663 g/mol. The molecule has 2 aromatic carbocycles. The number of ether oxygens (including phenoxy) is 4. The van der Waals surface area contributed by atoms with Crippen molar-refractivity contribution in [1.29, 1.82) is 0 Å². The zero-order chi connectivity index (χ0) is 34.0. The van der Waals surface area contributed by atoms with Gasteiger partial charge in [0.2, 0.25) is 0 Å². The van der Waals surface area contributed by atoms with Crippen molar-refractivity contribution < 1.29 is 33.6 Å². The van der Waals surface area contributed by atoms with Crippen LogP contribution < -0.4 is 5.32 Å². The highest BCUT2D eigenvalue weighted by molar-refractivity contribution is 5.69. The van der Waals surface area contributed by atoms with Crippen LogP contribution in [0, 0.1) is 5.92 Å². The Labute approximate surface area is 286 Å². The van der Waals surface area contributed by atoms with Crippen molar-refractivity contribution in [2.45, 2.75) is 101 Å². The Bertz CT molecular complexity index is 1240. The quantitative estimate of drug-likeness (QED) is 0.105. The number of carbonyl (C=O) groups excluding carboxylic acids is 2. The number of hydrogen-bond acceptors (Lipinski definition) is 7. The molecule has 9 nitrogen and oxygen atoms in total. The van der Waals surface area contributed by atoms with Crippen LogP contribution in [0.2, 0.25) is 0 Å². The molecule has 262 valence electrons. The second kappa shape index (κ2) is 20.6. The van der Waals surface area contributed by atoms with Crippen LogP contribution in [0.15, 0.2) is 86.0 Å². The number of unbranched alkanes of at least 4 members (excludes halogenated alkanes) is 6. The molecule has 9 heteroatoms. The van der Waals surface area contributed by atoms with Gasteiger partial charge in [-0.15, -0.1) is 13.2 Å². The molecule has 48 heavy (non-hydrogen) atoms. The molecule has 0 spiro atoms. The van der Waals surface area contributed by atoms with Crippen LogP contribution in [0.3, 0.4) is 0 Å². The largest absolute Gasteiger partial charge is 0.443 e. The summed E-state index contributed by atoms with van der Waals surface area (Å²) < 4.78 is 23.2. The lowest BCUT2D eigenvalue weighted by molar-refractivity contribution is -0.0907. The third kappa shape index (κ3) is 12.1. The molecule has 6 atom stereocenters. The first-order valence-electron chi connectivity index (χ1n) is 17.6. The highest BCUT2D eigenvalue weighted by atomic mass is 16.7. The van der Waals surface area contributed by atoms with Gasteiger partial charge in [-0.2, -0.15) is 0 Å². The van der Waals surface area contributed by atoms with Crippen LogP contribution >= 0.6 is 0 Å². The monoisotopic (exact) mass is 662 g/mol. The first-order chi connectivity index (χ1) is 23.5. The topological polar surface area (TPSA) is 107 Å². The third-order valence-electron chi connectivity index (χ3n) is 9.10. The third-order valence-corrected chi connectivity index (χ3v) is 9.10. The van der Waals surface area contributed by atoms with Crippen molar-refractivity contribution in [3.63, 3.8) is 0 Å². The van der Waals surface area contributed by atoms with Gasteiger partial charge in [0.1, 0.15) is 12.2 Å². The maximum atomic E-state index is 13.9. The summed E-state index contributed by atoms with van der Waals surface area (Å²) in [6.07, 6.45) is 9.84. The SMILES string of the molecule is C=CCCCCCCC(OC(=O)N(CCCCC=C)CC(O)C(Cc1ccccc1)NC(=O)O[C@H]1CO[C@H]2OCC[C@H]21)c1ccccc1. The normalized spacial score (nSPS) is 20.2. The predicted molar refractivity (Wildman–Crippen MR) is 186 cm³/mol. The lowest BCUT2D eigenvalue weighted by atomic mass is 10.0. The number of nitrogens with one attached hydrogen (secondary N) is 1. The molecule has 3 unspecified atom stereocenters. The highest BCUT2D eigenvalue weighted by Crippen LogP contribution is 2.33. The van der Waals surface area contributed by atoms with Crippen molar-refractivity contribution in [3.8, 4) is 0 Å². The summed E-state index contributed by atoms with van der Waals surface area (Å²) in [5.41, 5.74) is 1.88. The van der Waals surface area contributed by atoms with Crippen LogP contribution in [0.25, 0.3) is 0 Å². The molecule has 0 radical (unpaired) electrons. The fourth-order valence-electron chi connectivity index (χ4n) is 6.35. The van der Waals surface area contributed by atoms with E-state index in [0.717, 1.165) is 68.9 Å². The summed E-state index contributed by atoms with van der Waals surface area (Å²) in [6.45, 7) is 8.85. The standard InChI is InChI=1S/C39H54N2O7/c1-3-5-7-9-10-17-23-35(31-21-15-12-16-22-31)48-39(44)41(25-18-8-6-4-2)28-34(42)33(27-30-19-13-11-14-20-30)40-38(43)47-36-29-46-37-32(36)24-26-45-37/h3-4,11-16,19-22,32-37,42H,1-2,5-10,17-18,23-29H2,(H,40,43)/t32-,33?,34?,35?,36-,37+/m0/s1. The molecule has 0 bridgehead atoms. The minimum atomic E-state index is -1.09. The summed E-state index contributed by atoms with van der Waals surface area (Å²) in [5, 5.41) is 14.6. The summed E-state index contributed by atoms with van der Waals surface area (Å²) in [7, 11) is 0. The van der Waals surface area contributed by atoms with Gasteiger partial charge in [-0.1, -0.05) is 85.7 Å². The first kappa shape index (κ1) is 37.2. The minimum absolute atomic E-state index is 0.00113. The maximum Gasteiger partial charge on any atom is 0.410 e. The van der Waals surface area contributed by atoms with E-state index >= 15 is 0 Å². The maximum absolute atomic E-state index is 13.9. The number of fused-ring (bicyclic) bond motifs is 1. The van der Waals surface area contributed by atoms with Crippen molar-refractivity contribution in [2.24, 2.45) is 5.92 Å². The van der Waals surface area contributed by atoms with Crippen molar-refractivity contribution in [1.82, 2.24) is 10.2 Å². The van der Waals surface area contributed by atoms with Gasteiger partial charge in [0.25, 0.3) is 0 Å². The van der Waals surface area contributed by atoms with Gasteiger partial charge < -0.3 is 34.3 Å². The van der Waals surface area contributed by atoms with E-state index < -0.39 is 36.5 Å². The van der Waals surface area contributed by atoms with Crippen LogP contribution in [0.5, 0.6) is 0 Å². The van der Waals surface area contributed by atoms with Crippen LogP contribution in [-0.4, -0.2) is 73.0 Å². The summed E-state index contributed by atoms with van der Waals surface area (Å²) in [4.78, 5) is 28.6. The lowest BCUT2D eigenvalue weighted by Crippen LogP contribution is -2.51. The number of aliphatic hydroxyl groups excluding tert-OH is 1. The fraction of sp³-hybridized carbons (Fsp3) is 0.538. The van der Waals surface area contributed by atoms with Gasteiger partial charge in [0.05, 0.1) is 37.8 Å². The van der Waals surface area contributed by atoms with E-state index in [-0.39, 0.29) is 25.4 Å². The number of benzene rings is 2. The van der Waals surface area contributed by atoms with Gasteiger partial charge in [-0.05, 0) is 68.9 Å². The van der Waals surface area contributed by atoms with Gasteiger partial charge in [0.15, 0.2) is 6.29 Å². The number of aliphatic hydroxyl groups is 1. The van der Waals surface area contributed by atoms with Gasteiger partial charge in [-0.25, -0.2) is 9.59 Å². The van der Waals surface area contributed by atoms with Crippen molar-refractivity contribution in [3.05, 3.63) is 97.1 Å². The van der Waals surface area contributed by atoms with E-state index in [1.807, 2.05) is 72.8 Å².